The van der Waals surface area contributed by atoms with E-state index < -0.39 is 49.5 Å². The predicted octanol–water partition coefficient (Wildman–Crippen LogP) is 22.9. The SMILES string of the molecule is CCCCCCCCC/C=C/C(O)C(COC1OC(CO)C(O)C(O)C1O)NC(=O)CCCCCCCCCCCCCCCCCCCCCCCCCCCCCCCCCCCCCCCCCOC(=O)CCCCCCCCCCCCCCCCCCCC. The molecule has 1 amide bonds. The van der Waals surface area contributed by atoms with Crippen LogP contribution >= 0.6 is 0 Å². The minimum atomic E-state index is -1.57. The minimum absolute atomic E-state index is 0.0240. The fourth-order valence-electron chi connectivity index (χ4n) is 13.9. The van der Waals surface area contributed by atoms with Crippen LogP contribution in [0.4, 0.5) is 0 Å². The van der Waals surface area contributed by atoms with Crippen LogP contribution in [0.2, 0.25) is 0 Å². The molecule has 1 saturated heterocycles. The van der Waals surface area contributed by atoms with Crippen molar-refractivity contribution in [3.05, 3.63) is 12.2 Å². The van der Waals surface area contributed by atoms with Crippen molar-refractivity contribution in [1.29, 1.82) is 0 Å². The molecule has 1 fully saturated rings. The second kappa shape index (κ2) is 72.6. The number of nitrogens with one attached hydrogen (secondary N) is 1. The molecule has 558 valence electrons. The Balaban J connectivity index is 1.81. The number of hydrogen-bond donors (Lipinski definition) is 6. The summed E-state index contributed by atoms with van der Waals surface area (Å²) in [6.07, 6.45) is 82.9. The van der Waals surface area contributed by atoms with Crippen molar-refractivity contribution in [3.8, 4) is 0 Å². The zero-order valence-corrected chi connectivity index (χ0v) is 62.5. The van der Waals surface area contributed by atoms with Crippen LogP contribution in [-0.4, -0.2) is 100 Å². The summed E-state index contributed by atoms with van der Waals surface area (Å²) >= 11 is 0. The molecule has 0 aromatic carbocycles. The molecule has 1 aliphatic rings. The lowest BCUT2D eigenvalue weighted by molar-refractivity contribution is -0.302. The summed E-state index contributed by atoms with van der Waals surface area (Å²) in [5, 5.41) is 54.4. The first kappa shape index (κ1) is 90.4. The van der Waals surface area contributed by atoms with Crippen LogP contribution in [0.3, 0.4) is 0 Å². The smallest absolute Gasteiger partial charge is 0.305 e. The third-order valence-electron chi connectivity index (χ3n) is 20.4. The lowest BCUT2D eigenvalue weighted by Gasteiger charge is -2.40. The number of aliphatic hydroxyl groups is 5. The van der Waals surface area contributed by atoms with Gasteiger partial charge in [0.1, 0.15) is 24.4 Å². The van der Waals surface area contributed by atoms with Crippen LogP contribution in [0.25, 0.3) is 0 Å². The molecule has 0 aromatic heterocycles. The van der Waals surface area contributed by atoms with E-state index in [2.05, 4.69) is 19.2 Å². The Bertz CT molecular complexity index is 1560. The maximum absolute atomic E-state index is 13.0. The lowest BCUT2D eigenvalue weighted by Crippen LogP contribution is -2.60. The van der Waals surface area contributed by atoms with Gasteiger partial charge >= 0.3 is 5.97 Å². The average molecular weight is 1330 g/mol. The third-order valence-corrected chi connectivity index (χ3v) is 20.4. The molecule has 7 atom stereocenters. The van der Waals surface area contributed by atoms with E-state index in [0.717, 1.165) is 51.4 Å². The van der Waals surface area contributed by atoms with Crippen molar-refractivity contribution in [3.63, 3.8) is 0 Å². The van der Waals surface area contributed by atoms with Gasteiger partial charge in [0.15, 0.2) is 6.29 Å². The number of ether oxygens (including phenoxy) is 3. The molecular formula is C83H161NO10. The minimum Gasteiger partial charge on any atom is -0.466 e. The topological polar surface area (TPSA) is 175 Å². The Morgan fingerprint density at radius 2 is 0.670 bits per heavy atom. The fraction of sp³-hybridized carbons (Fsp3) is 0.952. The number of esters is 1. The molecule has 0 radical (unpaired) electrons. The highest BCUT2D eigenvalue weighted by molar-refractivity contribution is 5.76. The second-order valence-electron chi connectivity index (χ2n) is 29.6. The van der Waals surface area contributed by atoms with Gasteiger partial charge in [-0.1, -0.05) is 411 Å². The monoisotopic (exact) mass is 1330 g/mol. The van der Waals surface area contributed by atoms with Crippen LogP contribution in [0, 0.1) is 0 Å². The van der Waals surface area contributed by atoms with Gasteiger partial charge in [0.05, 0.1) is 32.0 Å². The first-order valence-corrected chi connectivity index (χ1v) is 42.0. The van der Waals surface area contributed by atoms with Gasteiger partial charge in [0.25, 0.3) is 0 Å². The molecule has 0 saturated carbocycles. The van der Waals surface area contributed by atoms with E-state index in [-0.39, 0.29) is 18.5 Å². The van der Waals surface area contributed by atoms with Crippen LogP contribution < -0.4 is 5.32 Å². The zero-order valence-electron chi connectivity index (χ0n) is 62.5. The normalized spacial score (nSPS) is 17.4. The summed E-state index contributed by atoms with van der Waals surface area (Å²) in [6, 6.07) is -0.803. The van der Waals surface area contributed by atoms with E-state index in [9.17, 15) is 35.1 Å². The quantitative estimate of drug-likeness (QED) is 0.0195. The molecule has 11 heteroatoms. The van der Waals surface area contributed by atoms with Gasteiger partial charge in [0, 0.05) is 12.8 Å². The summed E-state index contributed by atoms with van der Waals surface area (Å²) < 4.78 is 16.8. The third kappa shape index (κ3) is 60.4. The maximum atomic E-state index is 13.0. The Hall–Kier alpha value is -1.60. The predicted molar refractivity (Wildman–Crippen MR) is 398 cm³/mol. The summed E-state index contributed by atoms with van der Waals surface area (Å²) in [5.41, 5.74) is 0. The molecule has 94 heavy (non-hydrogen) atoms. The van der Waals surface area contributed by atoms with Crippen molar-refractivity contribution in [2.45, 2.75) is 487 Å². The van der Waals surface area contributed by atoms with E-state index in [0.29, 0.717) is 19.4 Å². The summed E-state index contributed by atoms with van der Waals surface area (Å²) in [4.78, 5) is 25.2. The van der Waals surface area contributed by atoms with Crippen molar-refractivity contribution in [1.82, 2.24) is 5.32 Å². The fourth-order valence-corrected chi connectivity index (χ4v) is 13.9. The van der Waals surface area contributed by atoms with Crippen LogP contribution in [0.15, 0.2) is 12.2 Å². The molecule has 0 aromatic rings. The summed E-state index contributed by atoms with van der Waals surface area (Å²) in [5.74, 6) is -0.151. The van der Waals surface area contributed by atoms with Gasteiger partial charge in [0.2, 0.25) is 5.91 Å². The Labute approximate surface area is 582 Å². The van der Waals surface area contributed by atoms with E-state index in [1.165, 1.54) is 366 Å². The van der Waals surface area contributed by atoms with E-state index in [1.807, 2.05) is 6.08 Å². The molecule has 1 rings (SSSR count). The molecule has 7 unspecified atom stereocenters. The number of carbonyl (C=O) groups is 2. The second-order valence-corrected chi connectivity index (χ2v) is 29.6. The summed E-state index contributed by atoms with van der Waals surface area (Å²) in [7, 11) is 0. The molecule has 11 nitrogen and oxygen atoms in total. The molecule has 0 aliphatic carbocycles. The van der Waals surface area contributed by atoms with Crippen LogP contribution in [-0.2, 0) is 23.8 Å². The Morgan fingerprint density at radius 3 is 0.989 bits per heavy atom. The maximum Gasteiger partial charge on any atom is 0.305 e. The van der Waals surface area contributed by atoms with Crippen molar-refractivity contribution < 1.29 is 49.3 Å². The molecular weight excluding hydrogens is 1170 g/mol. The first-order chi connectivity index (χ1) is 46.2. The van der Waals surface area contributed by atoms with Crippen molar-refractivity contribution in [2.75, 3.05) is 19.8 Å². The first-order valence-electron chi connectivity index (χ1n) is 42.0. The average Bonchev–Trinajstić information content (AvgIpc) is 0.834. The Kier molecular flexibility index (Phi) is 69.9. The van der Waals surface area contributed by atoms with Crippen LogP contribution in [0.5, 0.6) is 0 Å². The number of allylic oxidation sites excluding steroid dienone is 1. The van der Waals surface area contributed by atoms with E-state index in [1.54, 1.807) is 6.08 Å². The molecule has 0 spiro atoms. The number of unbranched alkanes of at least 4 members (excludes halogenated alkanes) is 62. The molecule has 1 heterocycles. The van der Waals surface area contributed by atoms with E-state index in [4.69, 9.17) is 14.2 Å². The lowest BCUT2D eigenvalue weighted by atomic mass is 9.99. The van der Waals surface area contributed by atoms with Gasteiger partial charge in [-0.05, 0) is 32.1 Å². The highest BCUT2D eigenvalue weighted by Gasteiger charge is 2.44. The van der Waals surface area contributed by atoms with Crippen LogP contribution in [0.1, 0.15) is 444 Å². The standard InChI is InChI=1S/C83H161NO10/c1-3-5-7-9-11-13-14-15-16-17-42-45-48-51-55-59-63-67-71-79(88)92-72-68-64-60-56-52-49-46-43-40-38-36-34-32-30-28-26-24-22-20-18-19-21-23-25-27-29-31-33-35-37-39-41-44-47-50-54-58-62-66-70-78(87)84-75(76(86)69-65-61-57-53-12-10-8-6-4-2)74-93-83-82(91)81(90)80(89)77(73-85)94-83/h65,69,75-77,80-83,85-86,89-91H,3-64,66-68,70-74H2,1-2H3,(H,84,87)/b69-65+. The van der Waals surface area contributed by atoms with Gasteiger partial charge < -0.3 is 45.1 Å². The number of hydrogen-bond acceptors (Lipinski definition) is 10. The number of rotatable bonds is 76. The largest absolute Gasteiger partial charge is 0.466 e. The molecule has 1 aliphatic heterocycles. The number of aliphatic hydroxyl groups excluding tert-OH is 5. The molecule has 0 bridgehead atoms. The van der Waals surface area contributed by atoms with Gasteiger partial charge in [-0.25, -0.2) is 0 Å². The number of amides is 1. The molecule has 6 N–H and O–H groups in total. The zero-order chi connectivity index (χ0) is 67.9. The highest BCUT2D eigenvalue weighted by atomic mass is 16.7. The Morgan fingerprint density at radius 1 is 0.383 bits per heavy atom. The van der Waals surface area contributed by atoms with Gasteiger partial charge in [-0.3, -0.25) is 9.59 Å². The van der Waals surface area contributed by atoms with Gasteiger partial charge in [-0.15, -0.1) is 0 Å². The van der Waals surface area contributed by atoms with Crippen molar-refractivity contribution >= 4 is 11.9 Å². The van der Waals surface area contributed by atoms with Gasteiger partial charge in [-0.2, -0.15) is 0 Å². The number of carbonyl (C=O) groups excluding carboxylic acids is 2. The summed E-state index contributed by atoms with van der Waals surface area (Å²) in [6.45, 7) is 4.39. The van der Waals surface area contributed by atoms with Crippen molar-refractivity contribution in [2.24, 2.45) is 0 Å². The van der Waals surface area contributed by atoms with E-state index >= 15 is 0 Å². The highest BCUT2D eigenvalue weighted by Crippen LogP contribution is 2.24.